The van der Waals surface area contributed by atoms with Gasteiger partial charge in [0.1, 0.15) is 0 Å². The van der Waals surface area contributed by atoms with Crippen LogP contribution < -0.4 is 10.6 Å². The van der Waals surface area contributed by atoms with E-state index in [-0.39, 0.29) is 24.4 Å². The molecule has 1 saturated heterocycles. The fourth-order valence-corrected chi connectivity index (χ4v) is 2.91. The number of carbonyl (C=O) groups is 1. The van der Waals surface area contributed by atoms with E-state index >= 15 is 0 Å². The van der Waals surface area contributed by atoms with Crippen molar-refractivity contribution < 1.29 is 4.79 Å². The Morgan fingerprint density at radius 3 is 3.06 bits per heavy atom. The van der Waals surface area contributed by atoms with E-state index in [0.717, 1.165) is 21.7 Å². The Kier molecular flexibility index (Phi) is 6.33. The second kappa shape index (κ2) is 7.26. The van der Waals surface area contributed by atoms with Gasteiger partial charge >= 0.3 is 0 Å². The van der Waals surface area contributed by atoms with Gasteiger partial charge in [0.2, 0.25) is 5.91 Å². The third kappa shape index (κ3) is 4.50. The molecule has 1 aliphatic heterocycles. The molecule has 0 saturated carbocycles. The van der Waals surface area contributed by atoms with Crippen LogP contribution in [0.4, 0.5) is 0 Å². The van der Waals surface area contributed by atoms with E-state index in [1.807, 2.05) is 24.3 Å². The summed E-state index contributed by atoms with van der Waals surface area (Å²) in [4.78, 5) is 11.7. The molecular formula is C11H14BrClN2OS. The van der Waals surface area contributed by atoms with Crippen molar-refractivity contribution in [1.82, 2.24) is 10.6 Å². The molecule has 17 heavy (non-hydrogen) atoms. The highest BCUT2D eigenvalue weighted by molar-refractivity contribution is 9.10. The first kappa shape index (κ1) is 14.8. The third-order valence-corrected chi connectivity index (χ3v) is 3.82. The first-order valence-electron chi connectivity index (χ1n) is 5.09. The molecular weight excluding hydrogens is 324 g/mol. The molecule has 94 valence electrons. The number of amides is 1. The van der Waals surface area contributed by atoms with Crippen LogP contribution in [0.1, 0.15) is 5.56 Å². The van der Waals surface area contributed by atoms with E-state index in [9.17, 15) is 4.79 Å². The summed E-state index contributed by atoms with van der Waals surface area (Å²) < 4.78 is 1.04. The Morgan fingerprint density at radius 2 is 2.41 bits per heavy atom. The molecule has 1 heterocycles. The Bertz CT molecular complexity index is 385. The number of hydrogen-bond acceptors (Lipinski definition) is 3. The number of hydrogen-bond donors (Lipinski definition) is 2. The molecule has 1 unspecified atom stereocenters. The molecule has 0 spiro atoms. The molecule has 2 rings (SSSR count). The quantitative estimate of drug-likeness (QED) is 0.888. The van der Waals surface area contributed by atoms with E-state index in [4.69, 9.17) is 0 Å². The minimum absolute atomic E-state index is 0. The van der Waals surface area contributed by atoms with Gasteiger partial charge in [-0.2, -0.15) is 0 Å². The van der Waals surface area contributed by atoms with Crippen LogP contribution >= 0.6 is 40.1 Å². The number of carbonyl (C=O) groups excluding carboxylic acids is 1. The van der Waals surface area contributed by atoms with Crippen LogP contribution in [0.3, 0.4) is 0 Å². The van der Waals surface area contributed by atoms with Gasteiger partial charge in [0, 0.05) is 22.6 Å². The van der Waals surface area contributed by atoms with Gasteiger partial charge in [-0.25, -0.2) is 0 Å². The Morgan fingerprint density at radius 1 is 1.59 bits per heavy atom. The summed E-state index contributed by atoms with van der Waals surface area (Å²) in [5, 5.41) is 6.08. The van der Waals surface area contributed by atoms with E-state index in [2.05, 4.69) is 26.6 Å². The van der Waals surface area contributed by atoms with E-state index in [1.54, 1.807) is 11.8 Å². The maximum atomic E-state index is 11.7. The predicted octanol–water partition coefficient (Wildman–Crippen LogP) is 2.15. The fourth-order valence-electron chi connectivity index (χ4n) is 1.52. The number of halogens is 2. The highest BCUT2D eigenvalue weighted by Gasteiger charge is 2.21. The van der Waals surface area contributed by atoms with Gasteiger partial charge in [0.15, 0.2) is 0 Å². The van der Waals surface area contributed by atoms with Crippen molar-refractivity contribution in [2.45, 2.75) is 12.6 Å². The molecule has 1 aliphatic rings. The summed E-state index contributed by atoms with van der Waals surface area (Å²) in [6.07, 6.45) is 0. The van der Waals surface area contributed by atoms with Crippen molar-refractivity contribution in [3.8, 4) is 0 Å². The summed E-state index contributed by atoms with van der Waals surface area (Å²) in [5.41, 5.74) is 1.10. The molecule has 2 N–H and O–H groups in total. The molecule has 0 aromatic heterocycles. The summed E-state index contributed by atoms with van der Waals surface area (Å²) in [5.74, 6) is 1.82. The highest BCUT2D eigenvalue weighted by atomic mass is 79.9. The second-order valence-corrected chi connectivity index (χ2v) is 5.57. The maximum Gasteiger partial charge on any atom is 0.238 e. The summed E-state index contributed by atoms with van der Waals surface area (Å²) in [6, 6.07) is 7.92. The Hall–Kier alpha value is -0.230. The SMILES string of the molecule is Cl.O=C(NCc1cccc(Br)c1)C1CSCN1. The zero-order valence-corrected chi connectivity index (χ0v) is 12.3. The highest BCUT2D eigenvalue weighted by Crippen LogP contribution is 2.12. The predicted molar refractivity (Wildman–Crippen MR) is 77.5 cm³/mol. The van der Waals surface area contributed by atoms with Crippen molar-refractivity contribution in [2.24, 2.45) is 0 Å². The van der Waals surface area contributed by atoms with Crippen LogP contribution in [-0.2, 0) is 11.3 Å². The first-order valence-corrected chi connectivity index (χ1v) is 7.04. The fraction of sp³-hybridized carbons (Fsp3) is 0.364. The van der Waals surface area contributed by atoms with Gasteiger partial charge in [-0.15, -0.1) is 24.2 Å². The number of benzene rings is 1. The summed E-state index contributed by atoms with van der Waals surface area (Å²) in [7, 11) is 0. The first-order chi connectivity index (χ1) is 7.75. The third-order valence-electron chi connectivity index (χ3n) is 2.39. The normalized spacial score (nSPS) is 18.5. The van der Waals surface area contributed by atoms with Crippen molar-refractivity contribution in [3.05, 3.63) is 34.3 Å². The minimum atomic E-state index is -0.0304. The van der Waals surface area contributed by atoms with Crippen LogP contribution in [0.15, 0.2) is 28.7 Å². The van der Waals surface area contributed by atoms with E-state index in [1.165, 1.54) is 0 Å². The lowest BCUT2D eigenvalue weighted by molar-refractivity contribution is -0.122. The largest absolute Gasteiger partial charge is 0.351 e. The van der Waals surface area contributed by atoms with Crippen LogP contribution in [0.5, 0.6) is 0 Å². The Labute approximate surface area is 120 Å². The van der Waals surface area contributed by atoms with E-state index in [0.29, 0.717) is 6.54 Å². The van der Waals surface area contributed by atoms with Crippen LogP contribution in [0.25, 0.3) is 0 Å². The molecule has 1 aromatic rings. The van der Waals surface area contributed by atoms with Crippen LogP contribution in [0, 0.1) is 0 Å². The molecule has 1 atom stereocenters. The zero-order chi connectivity index (χ0) is 11.4. The smallest absolute Gasteiger partial charge is 0.238 e. The average molecular weight is 338 g/mol. The summed E-state index contributed by atoms with van der Waals surface area (Å²) in [6.45, 7) is 0.584. The van der Waals surface area contributed by atoms with Crippen molar-refractivity contribution in [3.63, 3.8) is 0 Å². The van der Waals surface area contributed by atoms with Gasteiger partial charge in [0.05, 0.1) is 6.04 Å². The lowest BCUT2D eigenvalue weighted by Gasteiger charge is -2.10. The van der Waals surface area contributed by atoms with Crippen molar-refractivity contribution in [1.29, 1.82) is 0 Å². The molecule has 0 radical (unpaired) electrons. The Balaban J connectivity index is 0.00000144. The molecule has 3 nitrogen and oxygen atoms in total. The second-order valence-electron chi connectivity index (χ2n) is 3.62. The minimum Gasteiger partial charge on any atom is -0.351 e. The molecule has 1 fully saturated rings. The zero-order valence-electron chi connectivity index (χ0n) is 9.11. The van der Waals surface area contributed by atoms with Gasteiger partial charge in [-0.3, -0.25) is 10.1 Å². The molecule has 6 heteroatoms. The van der Waals surface area contributed by atoms with Crippen LogP contribution in [-0.4, -0.2) is 23.6 Å². The molecule has 1 amide bonds. The van der Waals surface area contributed by atoms with Crippen molar-refractivity contribution in [2.75, 3.05) is 11.6 Å². The number of thioether (sulfide) groups is 1. The van der Waals surface area contributed by atoms with Gasteiger partial charge in [-0.05, 0) is 17.7 Å². The van der Waals surface area contributed by atoms with Crippen LogP contribution in [0.2, 0.25) is 0 Å². The van der Waals surface area contributed by atoms with Gasteiger partial charge in [0.25, 0.3) is 0 Å². The van der Waals surface area contributed by atoms with Gasteiger partial charge < -0.3 is 5.32 Å². The molecule has 1 aromatic carbocycles. The molecule has 0 aliphatic carbocycles. The number of rotatable bonds is 3. The standard InChI is InChI=1S/C11H13BrN2OS.ClH/c12-9-3-1-2-8(4-9)5-13-11(15)10-6-16-7-14-10;/h1-4,10,14H,5-7H2,(H,13,15);1H. The molecule has 0 bridgehead atoms. The lowest BCUT2D eigenvalue weighted by atomic mass is 10.2. The topological polar surface area (TPSA) is 41.1 Å². The maximum absolute atomic E-state index is 11.7. The monoisotopic (exact) mass is 336 g/mol. The lowest BCUT2D eigenvalue weighted by Crippen LogP contribution is -2.41. The number of nitrogens with one attached hydrogen (secondary N) is 2. The average Bonchev–Trinajstić information content (AvgIpc) is 2.79. The summed E-state index contributed by atoms with van der Waals surface area (Å²) >= 11 is 5.16. The van der Waals surface area contributed by atoms with E-state index < -0.39 is 0 Å². The van der Waals surface area contributed by atoms with Gasteiger partial charge in [-0.1, -0.05) is 28.1 Å². The van der Waals surface area contributed by atoms with Crippen molar-refractivity contribution >= 4 is 46.0 Å².